The smallest absolute Gasteiger partial charge is 0.159 e. The summed E-state index contributed by atoms with van der Waals surface area (Å²) in [6.45, 7) is 3.03. The molecule has 0 bridgehead atoms. The SMILES string of the molecule is COCCCOC(c1ccc(F)c(F)c1)[C@@H]1CCCNC1. The third-order valence-electron chi connectivity index (χ3n) is 3.83. The first-order valence-corrected chi connectivity index (χ1v) is 7.48. The van der Waals surface area contributed by atoms with Crippen molar-refractivity contribution in [1.82, 2.24) is 5.32 Å². The maximum atomic E-state index is 13.5. The van der Waals surface area contributed by atoms with Crippen LogP contribution >= 0.6 is 0 Å². The predicted octanol–water partition coefficient (Wildman–Crippen LogP) is 3.06. The Morgan fingerprint density at radius 2 is 2.14 bits per heavy atom. The second-order valence-electron chi connectivity index (χ2n) is 5.42. The van der Waals surface area contributed by atoms with Crippen LogP contribution in [0.15, 0.2) is 18.2 Å². The minimum atomic E-state index is -0.821. The van der Waals surface area contributed by atoms with Crippen molar-refractivity contribution in [2.24, 2.45) is 5.92 Å². The van der Waals surface area contributed by atoms with Gasteiger partial charge in [-0.05, 0) is 43.5 Å². The van der Waals surface area contributed by atoms with Gasteiger partial charge in [-0.2, -0.15) is 0 Å². The van der Waals surface area contributed by atoms with E-state index in [1.807, 2.05) is 0 Å². The lowest BCUT2D eigenvalue weighted by atomic mass is 9.89. The zero-order valence-corrected chi connectivity index (χ0v) is 12.4. The highest BCUT2D eigenvalue weighted by Gasteiger charge is 2.26. The Kier molecular flexibility index (Phi) is 6.54. The summed E-state index contributed by atoms with van der Waals surface area (Å²) in [5, 5.41) is 3.34. The van der Waals surface area contributed by atoms with Gasteiger partial charge in [0.1, 0.15) is 0 Å². The molecule has 21 heavy (non-hydrogen) atoms. The summed E-state index contributed by atoms with van der Waals surface area (Å²) >= 11 is 0. The fourth-order valence-electron chi connectivity index (χ4n) is 2.74. The van der Waals surface area contributed by atoms with E-state index in [4.69, 9.17) is 9.47 Å². The summed E-state index contributed by atoms with van der Waals surface area (Å²) in [7, 11) is 1.65. The largest absolute Gasteiger partial charge is 0.385 e. The predicted molar refractivity (Wildman–Crippen MR) is 77.1 cm³/mol. The van der Waals surface area contributed by atoms with Crippen LogP contribution in [0.5, 0.6) is 0 Å². The Morgan fingerprint density at radius 1 is 1.29 bits per heavy atom. The lowest BCUT2D eigenvalue weighted by Crippen LogP contribution is -2.34. The highest BCUT2D eigenvalue weighted by atomic mass is 19.2. The molecule has 2 rings (SSSR count). The Morgan fingerprint density at radius 3 is 2.81 bits per heavy atom. The molecule has 2 atom stereocenters. The number of benzene rings is 1. The summed E-state index contributed by atoms with van der Waals surface area (Å²) in [5.41, 5.74) is 0.708. The maximum Gasteiger partial charge on any atom is 0.159 e. The number of hydrogen-bond donors (Lipinski definition) is 1. The minimum absolute atomic E-state index is 0.204. The lowest BCUT2D eigenvalue weighted by Gasteiger charge is -2.31. The van der Waals surface area contributed by atoms with Crippen LogP contribution in [-0.4, -0.2) is 33.4 Å². The van der Waals surface area contributed by atoms with E-state index in [1.165, 1.54) is 12.1 Å². The molecule has 5 heteroatoms. The van der Waals surface area contributed by atoms with Crippen molar-refractivity contribution < 1.29 is 18.3 Å². The Bertz CT molecular complexity index is 436. The van der Waals surface area contributed by atoms with Crippen molar-refractivity contribution in [3.05, 3.63) is 35.4 Å². The Labute approximate surface area is 124 Å². The topological polar surface area (TPSA) is 30.5 Å². The molecule has 1 N–H and O–H groups in total. The number of piperidine rings is 1. The van der Waals surface area contributed by atoms with Gasteiger partial charge in [0.25, 0.3) is 0 Å². The van der Waals surface area contributed by atoms with Gasteiger partial charge in [0.15, 0.2) is 11.6 Å². The summed E-state index contributed by atoms with van der Waals surface area (Å²) in [5.74, 6) is -1.36. The number of nitrogens with one attached hydrogen (secondary N) is 1. The monoisotopic (exact) mass is 299 g/mol. The fraction of sp³-hybridized carbons (Fsp3) is 0.625. The van der Waals surface area contributed by atoms with Crippen molar-refractivity contribution in [1.29, 1.82) is 0 Å². The van der Waals surface area contributed by atoms with E-state index in [9.17, 15) is 8.78 Å². The van der Waals surface area contributed by atoms with E-state index in [1.54, 1.807) is 13.2 Å². The second kappa shape index (κ2) is 8.41. The van der Waals surface area contributed by atoms with E-state index < -0.39 is 11.6 Å². The third-order valence-corrected chi connectivity index (χ3v) is 3.83. The fourth-order valence-corrected chi connectivity index (χ4v) is 2.74. The van der Waals surface area contributed by atoms with Crippen LogP contribution < -0.4 is 5.32 Å². The first kappa shape index (κ1) is 16.3. The summed E-state index contributed by atoms with van der Waals surface area (Å²) in [6, 6.07) is 4.05. The second-order valence-corrected chi connectivity index (χ2v) is 5.42. The zero-order valence-electron chi connectivity index (χ0n) is 12.4. The molecule has 1 aromatic rings. The van der Waals surface area contributed by atoms with Crippen molar-refractivity contribution in [3.63, 3.8) is 0 Å². The van der Waals surface area contributed by atoms with Crippen LogP contribution in [0, 0.1) is 17.6 Å². The molecular formula is C16H23F2NO2. The molecule has 1 fully saturated rings. The highest BCUT2D eigenvalue weighted by Crippen LogP contribution is 2.31. The summed E-state index contributed by atoms with van der Waals surface area (Å²) in [6.07, 6.45) is 2.69. The molecule has 1 aliphatic rings. The van der Waals surface area contributed by atoms with Gasteiger partial charge in [-0.1, -0.05) is 6.07 Å². The van der Waals surface area contributed by atoms with E-state index in [2.05, 4.69) is 5.32 Å². The van der Waals surface area contributed by atoms with Crippen LogP contribution in [0.1, 0.15) is 30.9 Å². The molecule has 0 spiro atoms. The van der Waals surface area contributed by atoms with E-state index in [-0.39, 0.29) is 12.0 Å². The van der Waals surface area contributed by atoms with E-state index in [0.29, 0.717) is 18.8 Å². The molecule has 1 saturated heterocycles. The number of rotatable bonds is 7. The van der Waals surface area contributed by atoms with Gasteiger partial charge >= 0.3 is 0 Å². The van der Waals surface area contributed by atoms with Gasteiger partial charge in [0.05, 0.1) is 6.10 Å². The van der Waals surface area contributed by atoms with Crippen LogP contribution in [0.3, 0.4) is 0 Å². The van der Waals surface area contributed by atoms with E-state index >= 15 is 0 Å². The van der Waals surface area contributed by atoms with Crippen LogP contribution in [0.25, 0.3) is 0 Å². The standard InChI is InChI=1S/C16H23F2NO2/c1-20-8-3-9-21-16(13-4-2-7-19-11-13)12-5-6-14(17)15(18)10-12/h5-6,10,13,16,19H,2-4,7-9,11H2,1H3/t13-,16?/m1/s1. The highest BCUT2D eigenvalue weighted by molar-refractivity contribution is 5.21. The van der Waals surface area contributed by atoms with Crippen molar-refractivity contribution in [2.45, 2.75) is 25.4 Å². The first-order valence-electron chi connectivity index (χ1n) is 7.48. The molecule has 1 unspecified atom stereocenters. The Hall–Kier alpha value is -1.04. The lowest BCUT2D eigenvalue weighted by molar-refractivity contribution is -0.00523. The zero-order chi connectivity index (χ0) is 15.1. The van der Waals surface area contributed by atoms with Crippen LogP contribution in [0.2, 0.25) is 0 Å². The van der Waals surface area contributed by atoms with Gasteiger partial charge in [-0.25, -0.2) is 8.78 Å². The molecule has 3 nitrogen and oxygen atoms in total. The summed E-state index contributed by atoms with van der Waals surface area (Å²) < 4.78 is 37.6. The molecular weight excluding hydrogens is 276 g/mol. The van der Waals surface area contributed by atoms with Crippen LogP contribution in [-0.2, 0) is 9.47 Å². The number of ether oxygens (including phenoxy) is 2. The molecule has 1 heterocycles. The van der Waals surface area contributed by atoms with Gasteiger partial charge in [-0.15, -0.1) is 0 Å². The van der Waals surface area contributed by atoms with Crippen LogP contribution in [0.4, 0.5) is 8.78 Å². The molecule has 1 aliphatic heterocycles. The van der Waals surface area contributed by atoms with Crippen molar-refractivity contribution in [3.8, 4) is 0 Å². The maximum absolute atomic E-state index is 13.5. The molecule has 1 aromatic carbocycles. The first-order chi connectivity index (χ1) is 10.2. The molecule has 118 valence electrons. The molecule has 0 aromatic heterocycles. The quantitative estimate of drug-likeness (QED) is 0.785. The number of methoxy groups -OCH3 is 1. The normalized spacial score (nSPS) is 20.4. The minimum Gasteiger partial charge on any atom is -0.385 e. The average Bonchev–Trinajstić information content (AvgIpc) is 2.51. The molecule has 0 amide bonds. The van der Waals surface area contributed by atoms with Crippen molar-refractivity contribution >= 4 is 0 Å². The summed E-state index contributed by atoms with van der Waals surface area (Å²) in [4.78, 5) is 0. The van der Waals surface area contributed by atoms with Gasteiger partial charge in [0, 0.05) is 32.8 Å². The van der Waals surface area contributed by atoms with E-state index in [0.717, 1.165) is 32.4 Å². The molecule has 0 aliphatic carbocycles. The number of hydrogen-bond acceptors (Lipinski definition) is 3. The average molecular weight is 299 g/mol. The Balaban J connectivity index is 2.07. The van der Waals surface area contributed by atoms with Gasteiger partial charge in [-0.3, -0.25) is 0 Å². The van der Waals surface area contributed by atoms with Gasteiger partial charge < -0.3 is 14.8 Å². The van der Waals surface area contributed by atoms with Crippen molar-refractivity contribution in [2.75, 3.05) is 33.4 Å². The third kappa shape index (κ3) is 4.73. The number of halogens is 2. The van der Waals surface area contributed by atoms with Gasteiger partial charge in [0.2, 0.25) is 0 Å². The molecule has 0 saturated carbocycles. The molecule has 0 radical (unpaired) electrons.